The number of aryl methyl sites for hydroxylation is 3. The van der Waals surface area contributed by atoms with Crippen LogP contribution in [0.3, 0.4) is 0 Å². The first-order valence-electron chi connectivity index (χ1n) is 8.13. The lowest BCUT2D eigenvalue weighted by Gasteiger charge is -2.42. The summed E-state index contributed by atoms with van der Waals surface area (Å²) in [6, 6.07) is 4.15. The lowest BCUT2D eigenvalue weighted by molar-refractivity contribution is -0.148. The van der Waals surface area contributed by atoms with Crippen LogP contribution in [0.25, 0.3) is 0 Å². The molecule has 1 aromatic carbocycles. The summed E-state index contributed by atoms with van der Waals surface area (Å²) in [5, 5.41) is 0. The second kappa shape index (κ2) is 6.34. The highest BCUT2D eigenvalue weighted by Gasteiger charge is 2.49. The predicted molar refractivity (Wildman–Crippen MR) is 105 cm³/mol. The van der Waals surface area contributed by atoms with Crippen LogP contribution in [0.1, 0.15) is 42.4 Å². The van der Waals surface area contributed by atoms with Crippen LogP contribution in [0, 0.1) is 26.2 Å². The molecule has 2 aliphatic carbocycles. The molecule has 0 radical (unpaired) electrons. The van der Waals surface area contributed by atoms with Crippen molar-refractivity contribution in [2.24, 2.45) is 5.41 Å². The Kier molecular flexibility index (Phi) is 4.59. The van der Waals surface area contributed by atoms with Gasteiger partial charge in [0.1, 0.15) is 5.75 Å². The van der Waals surface area contributed by atoms with Crippen LogP contribution >= 0.6 is 22.1 Å². The Hall–Kier alpha value is -1.23. The van der Waals surface area contributed by atoms with E-state index in [-0.39, 0.29) is 5.97 Å². The Morgan fingerprint density at radius 2 is 1.83 bits per heavy atom. The number of carbonyl (C=O) groups excluding carboxylic acids is 1. The highest BCUT2D eigenvalue weighted by atomic mass is 127. The van der Waals surface area contributed by atoms with Gasteiger partial charge in [-0.3, -0.25) is 4.79 Å². The van der Waals surface area contributed by atoms with Gasteiger partial charge in [-0.2, -0.15) is 0 Å². The van der Waals surface area contributed by atoms with E-state index in [0.29, 0.717) is 0 Å². The standard InChI is InChI=1S/C20H23IO2/c1-13-10-14(2)18(15(3)11-13)23-19(22)20(8-5-9-20)16-6-4-7-17(21)12-16/h4,6-7,10-11,21H,5,8-9,12H2,1-3H3. The molecule has 3 heteroatoms. The summed E-state index contributed by atoms with van der Waals surface area (Å²) in [6.07, 6.45) is 10.1. The summed E-state index contributed by atoms with van der Waals surface area (Å²) in [4.78, 5) is 13.0. The number of hydrogen-bond acceptors (Lipinski definition) is 2. The first-order valence-corrected chi connectivity index (χ1v) is 9.29. The molecule has 0 heterocycles. The fourth-order valence-electron chi connectivity index (χ4n) is 3.61. The van der Waals surface area contributed by atoms with Gasteiger partial charge in [-0.15, -0.1) is 22.1 Å². The summed E-state index contributed by atoms with van der Waals surface area (Å²) >= 11 is 2.04. The highest BCUT2D eigenvalue weighted by molar-refractivity contribution is 14.1. The largest absolute Gasteiger partial charge is 0.425 e. The quantitative estimate of drug-likeness (QED) is 0.393. The molecular weight excluding hydrogens is 399 g/mol. The maximum Gasteiger partial charge on any atom is 0.321 e. The van der Waals surface area contributed by atoms with Crippen LogP contribution < -0.4 is 4.74 Å². The number of carbonyl (C=O) groups is 1. The summed E-state index contributed by atoms with van der Waals surface area (Å²) in [7, 11) is 0. The normalized spacial score (nSPS) is 19.1. The van der Waals surface area contributed by atoms with Crippen LogP contribution in [0.15, 0.2) is 35.9 Å². The molecule has 0 bridgehead atoms. The zero-order chi connectivity index (χ0) is 16.6. The van der Waals surface area contributed by atoms with Gasteiger partial charge < -0.3 is 4.74 Å². The third kappa shape index (κ3) is 3.08. The number of allylic oxidation sites excluding steroid dienone is 3. The molecular formula is C20H23IO2. The summed E-state index contributed by atoms with van der Waals surface area (Å²) in [5.74, 6) is 0.662. The van der Waals surface area contributed by atoms with Crippen molar-refractivity contribution in [2.75, 3.05) is 0 Å². The molecule has 0 amide bonds. The minimum atomic E-state index is -0.405. The van der Waals surface area contributed by atoms with Crippen LogP contribution in [-0.4, -0.2) is 9.48 Å². The minimum absolute atomic E-state index is 0.0747. The maximum atomic E-state index is 13.0. The highest BCUT2D eigenvalue weighted by Crippen LogP contribution is 2.50. The van der Waals surface area contributed by atoms with Crippen molar-refractivity contribution in [3.63, 3.8) is 0 Å². The Balaban J connectivity index is 1.89. The van der Waals surface area contributed by atoms with Gasteiger partial charge >= 0.3 is 5.97 Å². The first-order chi connectivity index (χ1) is 10.9. The minimum Gasteiger partial charge on any atom is -0.425 e. The van der Waals surface area contributed by atoms with Crippen molar-refractivity contribution in [2.45, 2.75) is 46.5 Å². The Labute approximate surface area is 151 Å². The second-order valence-electron chi connectivity index (χ2n) is 6.75. The number of benzene rings is 1. The van der Waals surface area contributed by atoms with Crippen LogP contribution in [0.2, 0.25) is 0 Å². The smallest absolute Gasteiger partial charge is 0.321 e. The molecule has 0 spiro atoms. The number of hydrogen-bond donors (Lipinski definition) is 0. The molecule has 1 fully saturated rings. The molecule has 0 saturated heterocycles. The lowest BCUT2D eigenvalue weighted by atomic mass is 9.62. The topological polar surface area (TPSA) is 26.3 Å². The van der Waals surface area contributed by atoms with Crippen LogP contribution in [0.4, 0.5) is 0 Å². The van der Waals surface area contributed by atoms with E-state index >= 15 is 0 Å². The molecule has 3 rings (SSSR count). The maximum absolute atomic E-state index is 13.0. The molecule has 122 valence electrons. The van der Waals surface area contributed by atoms with E-state index in [2.05, 4.69) is 37.3 Å². The van der Waals surface area contributed by atoms with Gasteiger partial charge in [0.2, 0.25) is 0 Å². The zero-order valence-electron chi connectivity index (χ0n) is 13.9. The zero-order valence-corrected chi connectivity index (χ0v) is 16.3. The van der Waals surface area contributed by atoms with E-state index in [1.807, 2.05) is 36.0 Å². The van der Waals surface area contributed by atoms with Gasteiger partial charge in [0, 0.05) is 0 Å². The van der Waals surface area contributed by atoms with Crippen molar-refractivity contribution in [3.05, 3.63) is 52.6 Å². The molecule has 0 N–H and O–H groups in total. The van der Waals surface area contributed by atoms with Crippen molar-refractivity contribution in [3.8, 4) is 5.75 Å². The third-order valence-electron chi connectivity index (χ3n) is 4.96. The van der Waals surface area contributed by atoms with Crippen molar-refractivity contribution in [1.82, 2.24) is 0 Å². The number of esters is 1. The van der Waals surface area contributed by atoms with Crippen molar-refractivity contribution >= 4 is 31.6 Å². The summed E-state index contributed by atoms with van der Waals surface area (Å²) < 4.78 is 7.23. The molecule has 1 aromatic rings. The summed E-state index contributed by atoms with van der Waals surface area (Å²) in [6.45, 7) is 6.09. The average Bonchev–Trinajstić information content (AvgIpc) is 2.41. The van der Waals surface area contributed by atoms with E-state index in [1.54, 1.807) is 0 Å². The molecule has 2 nitrogen and oxygen atoms in total. The van der Waals surface area contributed by atoms with Gasteiger partial charge in [-0.05, 0) is 60.2 Å². The molecule has 0 atom stereocenters. The van der Waals surface area contributed by atoms with E-state index in [0.717, 1.165) is 42.6 Å². The third-order valence-corrected chi connectivity index (χ3v) is 5.76. The SMILES string of the molecule is Cc1cc(C)c(OC(=O)C2(C3=CC=CC(=[IH])C3)CCC2)c(C)c1. The molecule has 1 saturated carbocycles. The first kappa shape index (κ1) is 16.6. The molecule has 0 aliphatic heterocycles. The monoisotopic (exact) mass is 422 g/mol. The Morgan fingerprint density at radius 1 is 1.17 bits per heavy atom. The van der Waals surface area contributed by atoms with Gasteiger partial charge in [0.25, 0.3) is 0 Å². The van der Waals surface area contributed by atoms with E-state index in [4.69, 9.17) is 4.74 Å². The molecule has 23 heavy (non-hydrogen) atoms. The molecule has 0 unspecified atom stereocenters. The molecule has 2 aliphatic rings. The number of halogens is 1. The van der Waals surface area contributed by atoms with Gasteiger partial charge in [0.05, 0.1) is 5.41 Å². The summed E-state index contributed by atoms with van der Waals surface area (Å²) in [5.41, 5.74) is 4.08. The van der Waals surface area contributed by atoms with Gasteiger partial charge in [-0.25, -0.2) is 0 Å². The van der Waals surface area contributed by atoms with Crippen molar-refractivity contribution in [1.29, 1.82) is 0 Å². The number of rotatable bonds is 3. The molecule has 0 aromatic heterocycles. The van der Waals surface area contributed by atoms with Crippen LogP contribution in [-0.2, 0) is 4.79 Å². The fraction of sp³-hybridized carbons (Fsp3) is 0.400. The van der Waals surface area contributed by atoms with Crippen molar-refractivity contribution < 1.29 is 9.53 Å². The van der Waals surface area contributed by atoms with Gasteiger partial charge in [-0.1, -0.05) is 42.3 Å². The Bertz CT molecular complexity index is 713. The number of ether oxygens (including phenoxy) is 1. The van der Waals surface area contributed by atoms with E-state index < -0.39 is 5.41 Å². The van der Waals surface area contributed by atoms with E-state index in [9.17, 15) is 4.79 Å². The van der Waals surface area contributed by atoms with E-state index in [1.165, 1.54) is 14.6 Å². The van der Waals surface area contributed by atoms with Crippen LogP contribution in [0.5, 0.6) is 5.75 Å². The second-order valence-corrected chi connectivity index (χ2v) is 8.24. The fourth-order valence-corrected chi connectivity index (χ4v) is 4.28. The Morgan fingerprint density at radius 3 is 2.35 bits per heavy atom. The average molecular weight is 422 g/mol. The predicted octanol–water partition coefficient (Wildman–Crippen LogP) is 4.91. The van der Waals surface area contributed by atoms with Gasteiger partial charge in [0.15, 0.2) is 0 Å². The lowest BCUT2D eigenvalue weighted by Crippen LogP contribution is -2.43.